The molecule has 194 valence electrons. The molecule has 0 spiro atoms. The highest BCUT2D eigenvalue weighted by molar-refractivity contribution is 6.32. The zero-order valence-electron chi connectivity index (χ0n) is 20.9. The van der Waals surface area contributed by atoms with Crippen molar-refractivity contribution in [1.29, 1.82) is 5.26 Å². The van der Waals surface area contributed by atoms with E-state index in [1.165, 1.54) is 5.01 Å². The Hall–Kier alpha value is -5.26. The van der Waals surface area contributed by atoms with E-state index in [0.717, 1.165) is 11.3 Å². The average molecular weight is 546 g/mol. The molecule has 1 atom stereocenters. The zero-order chi connectivity index (χ0) is 27.2. The summed E-state index contributed by atoms with van der Waals surface area (Å²) in [5.74, 6) is 1.24. The molecule has 4 aromatic carbocycles. The fraction of sp³-hybridized carbons (Fsp3) is 0.0645. The molecule has 0 aliphatic carbocycles. The molecular weight excluding hydrogens is 526 g/mol. The Bertz CT molecular complexity index is 1810. The van der Waals surface area contributed by atoms with E-state index in [0.29, 0.717) is 33.8 Å². The van der Waals surface area contributed by atoms with Crippen molar-refractivity contribution in [2.45, 2.75) is 6.17 Å². The Kier molecular flexibility index (Phi) is 5.65. The summed E-state index contributed by atoms with van der Waals surface area (Å²) in [7, 11) is 0. The summed E-state index contributed by atoms with van der Waals surface area (Å²) < 4.78 is 11.3. The van der Waals surface area contributed by atoms with Crippen molar-refractivity contribution in [2.24, 2.45) is 0 Å². The number of fused-ring (bicyclic) bond motifs is 2. The number of amides is 2. The van der Waals surface area contributed by atoms with Gasteiger partial charge in [0.15, 0.2) is 17.7 Å². The first-order valence-electron chi connectivity index (χ1n) is 12.6. The predicted molar refractivity (Wildman–Crippen MR) is 152 cm³/mol. The molecule has 0 radical (unpaired) electrons. The van der Waals surface area contributed by atoms with Gasteiger partial charge in [-0.3, -0.25) is 4.90 Å². The molecule has 9 heteroatoms. The largest absolute Gasteiger partial charge is 0.454 e. The van der Waals surface area contributed by atoms with Crippen LogP contribution in [0.25, 0.3) is 10.9 Å². The van der Waals surface area contributed by atoms with Crippen LogP contribution in [0, 0.1) is 11.3 Å². The Morgan fingerprint density at radius 2 is 1.52 bits per heavy atom. The van der Waals surface area contributed by atoms with Crippen molar-refractivity contribution >= 4 is 45.6 Å². The molecular formula is C31H20ClN5O3. The number of hydrogen-bond donors (Lipinski definition) is 0. The number of rotatable bonds is 4. The molecule has 1 fully saturated rings. The lowest BCUT2D eigenvalue weighted by Gasteiger charge is -2.34. The van der Waals surface area contributed by atoms with Crippen LogP contribution in [0.15, 0.2) is 103 Å². The van der Waals surface area contributed by atoms with Gasteiger partial charge in [0, 0.05) is 16.6 Å². The molecule has 40 heavy (non-hydrogen) atoms. The van der Waals surface area contributed by atoms with Crippen LogP contribution in [0.1, 0.15) is 17.3 Å². The standard InChI is InChI=1S/C31H20ClN5O3/c32-29-24(18-33)28(23-13-7-8-14-25(23)34-29)37-31(38)35(21-9-3-1-4-10-21)30(36(37)22-11-5-2-6-12-22)20-15-16-26-27(17-20)40-19-39-26/h1-17,30H,19H2. The maximum absolute atomic E-state index is 14.7. The molecule has 8 nitrogen and oxygen atoms in total. The summed E-state index contributed by atoms with van der Waals surface area (Å²) in [5, 5.41) is 14.3. The van der Waals surface area contributed by atoms with E-state index < -0.39 is 6.17 Å². The summed E-state index contributed by atoms with van der Waals surface area (Å²) in [6.07, 6.45) is -0.649. The van der Waals surface area contributed by atoms with Gasteiger partial charge in [0.2, 0.25) is 6.79 Å². The lowest BCUT2D eigenvalue weighted by atomic mass is 10.1. The number of nitriles is 1. The van der Waals surface area contributed by atoms with Gasteiger partial charge in [0.05, 0.1) is 16.9 Å². The number of para-hydroxylation sites is 3. The number of pyridine rings is 1. The van der Waals surface area contributed by atoms with Gasteiger partial charge in [-0.15, -0.1) is 0 Å². The number of benzene rings is 4. The van der Waals surface area contributed by atoms with Crippen LogP contribution >= 0.6 is 11.6 Å². The number of urea groups is 1. The van der Waals surface area contributed by atoms with E-state index in [2.05, 4.69) is 11.1 Å². The maximum atomic E-state index is 14.7. The summed E-state index contributed by atoms with van der Waals surface area (Å²) in [6, 6.07) is 33.8. The summed E-state index contributed by atoms with van der Waals surface area (Å²) >= 11 is 6.56. The highest BCUT2D eigenvalue weighted by Crippen LogP contribution is 2.47. The van der Waals surface area contributed by atoms with E-state index in [1.54, 1.807) is 4.90 Å². The van der Waals surface area contributed by atoms with Gasteiger partial charge in [-0.05, 0) is 42.5 Å². The number of anilines is 3. The van der Waals surface area contributed by atoms with Crippen LogP contribution in [-0.4, -0.2) is 17.8 Å². The maximum Gasteiger partial charge on any atom is 0.350 e. The number of hydrogen-bond acceptors (Lipinski definition) is 6. The molecule has 2 aliphatic heterocycles. The minimum atomic E-state index is -0.649. The molecule has 1 aromatic heterocycles. The molecule has 2 amide bonds. The monoisotopic (exact) mass is 545 g/mol. The van der Waals surface area contributed by atoms with Gasteiger partial charge < -0.3 is 9.47 Å². The number of ether oxygens (including phenoxy) is 2. The molecule has 7 rings (SSSR count). The number of aromatic nitrogens is 1. The highest BCUT2D eigenvalue weighted by atomic mass is 35.5. The Labute approximate surface area is 234 Å². The highest BCUT2D eigenvalue weighted by Gasteiger charge is 2.48. The molecule has 0 N–H and O–H groups in total. The molecule has 0 saturated carbocycles. The van der Waals surface area contributed by atoms with E-state index in [4.69, 9.17) is 21.1 Å². The first kappa shape index (κ1) is 23.8. The van der Waals surface area contributed by atoms with Crippen LogP contribution in [-0.2, 0) is 0 Å². The topological polar surface area (TPSA) is 81.9 Å². The fourth-order valence-electron chi connectivity index (χ4n) is 5.25. The smallest absolute Gasteiger partial charge is 0.350 e. The van der Waals surface area contributed by atoms with Gasteiger partial charge in [0.25, 0.3) is 0 Å². The van der Waals surface area contributed by atoms with Gasteiger partial charge in [-0.2, -0.15) is 10.3 Å². The van der Waals surface area contributed by atoms with Crippen molar-refractivity contribution in [3.8, 4) is 17.6 Å². The Balaban J connectivity index is 1.54. The molecule has 3 heterocycles. The lowest BCUT2D eigenvalue weighted by Crippen LogP contribution is -2.40. The molecule has 5 aromatic rings. The normalized spacial score (nSPS) is 16.1. The SMILES string of the molecule is N#Cc1c(Cl)nc2ccccc2c1N1C(=O)N(c2ccccc2)C(c2ccc3c(c2)OCO3)N1c1ccccc1. The molecule has 2 aliphatic rings. The van der Waals surface area contributed by atoms with Crippen LogP contribution in [0.3, 0.4) is 0 Å². The van der Waals surface area contributed by atoms with Crippen molar-refractivity contribution < 1.29 is 14.3 Å². The summed E-state index contributed by atoms with van der Waals surface area (Å²) in [4.78, 5) is 20.9. The number of hydrazine groups is 1. The third kappa shape index (κ3) is 3.67. The number of carbonyl (C=O) groups excluding carboxylic acids is 1. The third-order valence-corrected chi connectivity index (χ3v) is 7.25. The number of nitrogens with zero attached hydrogens (tertiary/aromatic N) is 5. The lowest BCUT2D eigenvalue weighted by molar-refractivity contribution is 0.174. The van der Waals surface area contributed by atoms with Crippen LogP contribution < -0.4 is 24.4 Å². The Morgan fingerprint density at radius 1 is 0.850 bits per heavy atom. The summed E-state index contributed by atoms with van der Waals surface area (Å²) in [5.41, 5.74) is 3.24. The summed E-state index contributed by atoms with van der Waals surface area (Å²) in [6.45, 7) is 0.131. The quantitative estimate of drug-likeness (QED) is 0.225. The second-order valence-electron chi connectivity index (χ2n) is 9.22. The van der Waals surface area contributed by atoms with Crippen molar-refractivity contribution in [3.05, 3.63) is 119 Å². The second-order valence-corrected chi connectivity index (χ2v) is 9.58. The Morgan fingerprint density at radius 3 is 2.27 bits per heavy atom. The van der Waals surface area contributed by atoms with Crippen LogP contribution in [0.5, 0.6) is 11.5 Å². The van der Waals surface area contributed by atoms with Crippen LogP contribution in [0.2, 0.25) is 5.15 Å². The van der Waals surface area contributed by atoms with Gasteiger partial charge >= 0.3 is 6.03 Å². The average Bonchev–Trinajstić information content (AvgIpc) is 3.59. The predicted octanol–water partition coefficient (Wildman–Crippen LogP) is 7.06. The molecule has 0 bridgehead atoms. The minimum Gasteiger partial charge on any atom is -0.454 e. The molecule has 1 saturated heterocycles. The number of carbonyl (C=O) groups is 1. The first-order chi connectivity index (χ1) is 19.7. The van der Waals surface area contributed by atoms with Crippen LogP contribution in [0.4, 0.5) is 21.9 Å². The van der Waals surface area contributed by atoms with Gasteiger partial charge in [-0.1, -0.05) is 72.3 Å². The van der Waals surface area contributed by atoms with E-state index >= 15 is 0 Å². The van der Waals surface area contributed by atoms with E-state index in [1.807, 2.05) is 108 Å². The second kappa shape index (κ2) is 9.49. The van der Waals surface area contributed by atoms with Crippen molar-refractivity contribution in [2.75, 3.05) is 21.7 Å². The first-order valence-corrected chi connectivity index (χ1v) is 12.9. The fourth-order valence-corrected chi connectivity index (χ4v) is 5.47. The van der Waals surface area contributed by atoms with E-state index in [9.17, 15) is 10.1 Å². The number of halogens is 1. The van der Waals surface area contributed by atoms with Gasteiger partial charge in [-0.25, -0.2) is 14.8 Å². The van der Waals surface area contributed by atoms with E-state index in [-0.39, 0.29) is 23.5 Å². The third-order valence-electron chi connectivity index (χ3n) is 6.97. The van der Waals surface area contributed by atoms with Gasteiger partial charge in [0.1, 0.15) is 16.8 Å². The zero-order valence-corrected chi connectivity index (χ0v) is 21.7. The van der Waals surface area contributed by atoms with Crippen molar-refractivity contribution in [1.82, 2.24) is 4.98 Å². The minimum absolute atomic E-state index is 0.0230. The van der Waals surface area contributed by atoms with Crippen molar-refractivity contribution in [3.63, 3.8) is 0 Å². The molecule has 1 unspecified atom stereocenters.